The van der Waals surface area contributed by atoms with Crippen LogP contribution in [0.5, 0.6) is 0 Å². The fraction of sp³-hybridized carbons (Fsp3) is 0.227. The number of anilines is 1. The van der Waals surface area contributed by atoms with Gasteiger partial charge >= 0.3 is 0 Å². The summed E-state index contributed by atoms with van der Waals surface area (Å²) in [4.78, 5) is 12.7. The van der Waals surface area contributed by atoms with E-state index in [2.05, 4.69) is 48.0 Å². The number of nitrogens with zero attached hydrogens (tertiary/aromatic N) is 1. The lowest BCUT2D eigenvalue weighted by Crippen LogP contribution is -2.19. The molecule has 1 aromatic heterocycles. The zero-order chi connectivity index (χ0) is 17.6. The van der Waals surface area contributed by atoms with Crippen LogP contribution in [-0.4, -0.2) is 10.5 Å². The molecule has 0 spiro atoms. The molecular formula is C22H24N2O. The minimum absolute atomic E-state index is 0.00995. The maximum absolute atomic E-state index is 12.7. The Hall–Kier alpha value is -2.81. The number of carbonyl (C=O) groups excluding carboxylic acids is 1. The maximum atomic E-state index is 12.7. The molecule has 1 N–H and O–H groups in total. The second-order valence-corrected chi connectivity index (χ2v) is 6.37. The molecule has 0 unspecified atom stereocenters. The summed E-state index contributed by atoms with van der Waals surface area (Å²) in [7, 11) is 0. The van der Waals surface area contributed by atoms with Crippen molar-refractivity contribution in [1.82, 2.24) is 4.57 Å². The van der Waals surface area contributed by atoms with Crippen LogP contribution < -0.4 is 5.32 Å². The van der Waals surface area contributed by atoms with E-state index < -0.39 is 0 Å². The summed E-state index contributed by atoms with van der Waals surface area (Å²) in [6.07, 6.45) is 5.38. The van der Waals surface area contributed by atoms with Crippen molar-refractivity contribution in [1.29, 1.82) is 0 Å². The molecule has 3 heteroatoms. The summed E-state index contributed by atoms with van der Waals surface area (Å²) < 4.78 is 2.09. The number of hydrogen-bond acceptors (Lipinski definition) is 1. The molecule has 3 aromatic rings. The topological polar surface area (TPSA) is 34.0 Å². The van der Waals surface area contributed by atoms with Crippen molar-refractivity contribution < 1.29 is 4.79 Å². The SMILES string of the molecule is CCc1cccc(NC(=O)C[C@@H](c2cccc(C)c2)n2cccc2)c1. The highest BCUT2D eigenvalue weighted by molar-refractivity contribution is 5.91. The average molecular weight is 332 g/mol. The van der Waals surface area contributed by atoms with E-state index >= 15 is 0 Å². The highest BCUT2D eigenvalue weighted by Gasteiger charge is 2.17. The van der Waals surface area contributed by atoms with E-state index in [0.717, 1.165) is 17.7 Å². The summed E-state index contributed by atoms with van der Waals surface area (Å²) in [5, 5.41) is 3.04. The third kappa shape index (κ3) is 4.38. The van der Waals surface area contributed by atoms with Crippen LogP contribution in [0, 0.1) is 6.92 Å². The lowest BCUT2D eigenvalue weighted by molar-refractivity contribution is -0.116. The zero-order valence-corrected chi connectivity index (χ0v) is 14.8. The molecule has 0 fully saturated rings. The normalized spacial score (nSPS) is 11.9. The van der Waals surface area contributed by atoms with Crippen LogP contribution in [0.3, 0.4) is 0 Å². The van der Waals surface area contributed by atoms with Crippen molar-refractivity contribution in [2.45, 2.75) is 32.7 Å². The van der Waals surface area contributed by atoms with Crippen molar-refractivity contribution in [3.05, 3.63) is 89.7 Å². The Morgan fingerprint density at radius 1 is 1.04 bits per heavy atom. The van der Waals surface area contributed by atoms with E-state index in [0.29, 0.717) is 6.42 Å². The molecular weight excluding hydrogens is 308 g/mol. The van der Waals surface area contributed by atoms with Crippen LogP contribution in [0.15, 0.2) is 73.1 Å². The molecule has 128 valence electrons. The van der Waals surface area contributed by atoms with Gasteiger partial charge in [-0.3, -0.25) is 4.79 Å². The van der Waals surface area contributed by atoms with Gasteiger partial charge in [0.25, 0.3) is 0 Å². The summed E-state index contributed by atoms with van der Waals surface area (Å²) in [5.41, 5.74) is 4.43. The second-order valence-electron chi connectivity index (χ2n) is 6.37. The number of amides is 1. The van der Waals surface area contributed by atoms with Gasteiger partial charge in [-0.15, -0.1) is 0 Å². The Morgan fingerprint density at radius 3 is 2.52 bits per heavy atom. The predicted molar refractivity (Wildman–Crippen MR) is 103 cm³/mol. The van der Waals surface area contributed by atoms with E-state index in [-0.39, 0.29) is 11.9 Å². The first kappa shape index (κ1) is 17.0. The third-order valence-electron chi connectivity index (χ3n) is 4.41. The molecule has 25 heavy (non-hydrogen) atoms. The van der Waals surface area contributed by atoms with E-state index in [9.17, 15) is 4.79 Å². The van der Waals surface area contributed by atoms with Crippen LogP contribution in [0.2, 0.25) is 0 Å². The number of aromatic nitrogens is 1. The number of rotatable bonds is 6. The zero-order valence-electron chi connectivity index (χ0n) is 14.8. The van der Waals surface area contributed by atoms with Gasteiger partial charge in [0.05, 0.1) is 12.5 Å². The molecule has 3 nitrogen and oxygen atoms in total. The molecule has 0 saturated heterocycles. The van der Waals surface area contributed by atoms with Crippen LogP contribution in [-0.2, 0) is 11.2 Å². The lowest BCUT2D eigenvalue weighted by Gasteiger charge is -2.20. The summed E-state index contributed by atoms with van der Waals surface area (Å²) in [6.45, 7) is 4.19. The van der Waals surface area contributed by atoms with Crippen LogP contribution in [0.1, 0.15) is 36.1 Å². The first-order valence-electron chi connectivity index (χ1n) is 8.73. The fourth-order valence-corrected chi connectivity index (χ4v) is 3.09. The van der Waals surface area contributed by atoms with Crippen molar-refractivity contribution in [2.75, 3.05) is 5.32 Å². The summed E-state index contributed by atoms with van der Waals surface area (Å²) in [6, 6.07) is 20.4. The van der Waals surface area contributed by atoms with Gasteiger partial charge in [-0.05, 0) is 48.7 Å². The standard InChI is InChI=1S/C22H24N2O/c1-3-18-9-7-11-20(15-18)23-22(25)16-21(24-12-4-5-13-24)19-10-6-8-17(2)14-19/h4-15,21H,3,16H2,1-2H3,(H,23,25)/t21-/m0/s1. The lowest BCUT2D eigenvalue weighted by atomic mass is 10.0. The number of hydrogen-bond donors (Lipinski definition) is 1. The first-order valence-corrected chi connectivity index (χ1v) is 8.73. The van der Waals surface area contributed by atoms with E-state index in [1.165, 1.54) is 11.1 Å². The summed E-state index contributed by atoms with van der Waals surface area (Å²) in [5.74, 6) is 0.0217. The van der Waals surface area contributed by atoms with Gasteiger partial charge in [0, 0.05) is 18.1 Å². The van der Waals surface area contributed by atoms with Gasteiger partial charge < -0.3 is 9.88 Å². The molecule has 1 heterocycles. The molecule has 1 atom stereocenters. The van der Waals surface area contributed by atoms with Crippen LogP contribution in [0.4, 0.5) is 5.69 Å². The molecule has 0 aliphatic heterocycles. The highest BCUT2D eigenvalue weighted by atomic mass is 16.1. The second kappa shape index (κ2) is 7.84. The largest absolute Gasteiger partial charge is 0.346 e. The predicted octanol–water partition coefficient (Wildman–Crippen LogP) is 4.98. The number of nitrogens with one attached hydrogen (secondary N) is 1. The molecule has 0 bridgehead atoms. The van der Waals surface area contributed by atoms with Crippen molar-refractivity contribution in [3.8, 4) is 0 Å². The van der Waals surface area contributed by atoms with Gasteiger partial charge in [-0.2, -0.15) is 0 Å². The summed E-state index contributed by atoms with van der Waals surface area (Å²) >= 11 is 0. The molecule has 0 saturated carbocycles. The van der Waals surface area contributed by atoms with E-state index in [1.807, 2.05) is 48.8 Å². The minimum atomic E-state index is -0.00995. The number of carbonyl (C=O) groups is 1. The Morgan fingerprint density at radius 2 is 1.80 bits per heavy atom. The average Bonchev–Trinajstić information content (AvgIpc) is 3.14. The quantitative estimate of drug-likeness (QED) is 0.679. The van der Waals surface area contributed by atoms with Crippen molar-refractivity contribution >= 4 is 11.6 Å². The molecule has 3 rings (SSSR count). The number of aryl methyl sites for hydroxylation is 2. The van der Waals surface area contributed by atoms with Gasteiger partial charge in [-0.25, -0.2) is 0 Å². The van der Waals surface area contributed by atoms with Gasteiger partial charge in [0.2, 0.25) is 5.91 Å². The van der Waals surface area contributed by atoms with Gasteiger partial charge in [0.15, 0.2) is 0 Å². The Bertz CT molecular complexity index is 837. The van der Waals surface area contributed by atoms with Gasteiger partial charge in [-0.1, -0.05) is 48.9 Å². The monoisotopic (exact) mass is 332 g/mol. The molecule has 2 aromatic carbocycles. The molecule has 0 radical (unpaired) electrons. The van der Waals surface area contributed by atoms with E-state index in [1.54, 1.807) is 0 Å². The smallest absolute Gasteiger partial charge is 0.226 e. The number of benzene rings is 2. The third-order valence-corrected chi connectivity index (χ3v) is 4.41. The van der Waals surface area contributed by atoms with Crippen LogP contribution in [0.25, 0.3) is 0 Å². The van der Waals surface area contributed by atoms with Crippen LogP contribution >= 0.6 is 0 Å². The van der Waals surface area contributed by atoms with Crippen molar-refractivity contribution in [3.63, 3.8) is 0 Å². The Labute approximate surface area is 149 Å². The molecule has 1 amide bonds. The fourth-order valence-electron chi connectivity index (χ4n) is 3.09. The maximum Gasteiger partial charge on any atom is 0.226 e. The molecule has 0 aliphatic rings. The first-order chi connectivity index (χ1) is 12.2. The molecule has 0 aliphatic carbocycles. The Kier molecular flexibility index (Phi) is 5.34. The Balaban J connectivity index is 1.79. The van der Waals surface area contributed by atoms with E-state index in [4.69, 9.17) is 0 Å². The van der Waals surface area contributed by atoms with Gasteiger partial charge in [0.1, 0.15) is 0 Å². The van der Waals surface area contributed by atoms with Crippen molar-refractivity contribution in [2.24, 2.45) is 0 Å². The minimum Gasteiger partial charge on any atom is -0.346 e. The highest BCUT2D eigenvalue weighted by Crippen LogP contribution is 2.24.